The van der Waals surface area contributed by atoms with Gasteiger partial charge in [-0.1, -0.05) is 24.6 Å². The summed E-state index contributed by atoms with van der Waals surface area (Å²) in [6.45, 7) is 6.29. The third-order valence-corrected chi connectivity index (χ3v) is 1.34. The minimum Gasteiger partial charge on any atom is -0.462 e. The zero-order valence-electron chi connectivity index (χ0n) is 8.67. The molecule has 13 heavy (non-hydrogen) atoms. The lowest BCUT2D eigenvalue weighted by atomic mass is 10.3. The second-order valence-corrected chi connectivity index (χ2v) is 3.06. The van der Waals surface area contributed by atoms with Crippen molar-refractivity contribution in [1.82, 2.24) is 0 Å². The van der Waals surface area contributed by atoms with Crippen LogP contribution in [0.25, 0.3) is 0 Å². The molecule has 0 rings (SSSR count). The molecule has 0 bridgehead atoms. The highest BCUT2D eigenvalue weighted by molar-refractivity contribution is 5.82. The van der Waals surface area contributed by atoms with Crippen molar-refractivity contribution in [2.45, 2.75) is 33.6 Å². The second kappa shape index (κ2) is 7.59. The van der Waals surface area contributed by atoms with Gasteiger partial charge >= 0.3 is 5.97 Å². The van der Waals surface area contributed by atoms with Crippen LogP contribution in [0.3, 0.4) is 0 Å². The van der Waals surface area contributed by atoms with E-state index in [2.05, 4.69) is 13.0 Å². The van der Waals surface area contributed by atoms with Gasteiger partial charge in [0.1, 0.15) is 0 Å². The number of allylic oxidation sites excluding steroid dienone is 2. The van der Waals surface area contributed by atoms with E-state index in [1.165, 1.54) is 6.08 Å². The molecule has 0 aliphatic heterocycles. The number of hydrogen-bond donors (Lipinski definition) is 0. The van der Waals surface area contributed by atoms with Crippen LogP contribution in [-0.2, 0) is 9.53 Å². The van der Waals surface area contributed by atoms with Crippen molar-refractivity contribution >= 4 is 5.97 Å². The molecule has 0 N–H and O–H groups in total. The highest BCUT2D eigenvalue weighted by Gasteiger charge is 1.94. The lowest BCUT2D eigenvalue weighted by Crippen LogP contribution is -2.01. The maximum absolute atomic E-state index is 11.0. The van der Waals surface area contributed by atoms with E-state index in [4.69, 9.17) is 4.74 Å². The Morgan fingerprint density at radius 1 is 1.31 bits per heavy atom. The number of ether oxygens (including phenoxy) is 1. The zero-order chi connectivity index (χ0) is 10.1. The molecule has 0 unspecified atom stereocenters. The summed E-state index contributed by atoms with van der Waals surface area (Å²) in [4.78, 5) is 11.0. The third kappa shape index (κ3) is 8.86. The highest BCUT2D eigenvalue weighted by atomic mass is 16.5. The Morgan fingerprint density at radius 3 is 2.54 bits per heavy atom. The molecule has 74 valence electrons. The van der Waals surface area contributed by atoms with Crippen LogP contribution in [0.15, 0.2) is 23.8 Å². The molecule has 0 aromatic carbocycles. The maximum Gasteiger partial charge on any atom is 0.330 e. The first-order valence-corrected chi connectivity index (χ1v) is 4.63. The summed E-state index contributed by atoms with van der Waals surface area (Å²) < 4.78 is 4.93. The van der Waals surface area contributed by atoms with Gasteiger partial charge < -0.3 is 4.74 Å². The van der Waals surface area contributed by atoms with Crippen LogP contribution >= 0.6 is 0 Å². The fraction of sp³-hybridized carbons (Fsp3) is 0.545. The summed E-state index contributed by atoms with van der Waals surface area (Å²) in [6, 6.07) is 0. The van der Waals surface area contributed by atoms with E-state index < -0.39 is 0 Å². The number of carbonyl (C=O) groups excluding carboxylic acids is 1. The van der Waals surface area contributed by atoms with E-state index in [0.29, 0.717) is 6.61 Å². The third-order valence-electron chi connectivity index (χ3n) is 1.34. The van der Waals surface area contributed by atoms with Crippen LogP contribution in [-0.4, -0.2) is 12.6 Å². The molecular formula is C11H18O2. The molecule has 0 fully saturated rings. The van der Waals surface area contributed by atoms with Crippen LogP contribution in [0.4, 0.5) is 0 Å². The van der Waals surface area contributed by atoms with Crippen molar-refractivity contribution in [3.63, 3.8) is 0 Å². The zero-order valence-corrected chi connectivity index (χ0v) is 8.67. The van der Waals surface area contributed by atoms with Crippen LogP contribution in [0.1, 0.15) is 33.6 Å². The summed E-state index contributed by atoms with van der Waals surface area (Å²) in [5.74, 6) is -0.245. The monoisotopic (exact) mass is 182 g/mol. The molecule has 0 heterocycles. The molecule has 2 heteroatoms. The van der Waals surface area contributed by atoms with Gasteiger partial charge in [-0.15, -0.1) is 0 Å². The van der Waals surface area contributed by atoms with Crippen molar-refractivity contribution < 1.29 is 9.53 Å². The minimum atomic E-state index is -0.245. The largest absolute Gasteiger partial charge is 0.462 e. The SMILES string of the molecule is CCC=CCCOC(=O)C=C(C)C. The van der Waals surface area contributed by atoms with Crippen LogP contribution in [0, 0.1) is 0 Å². The van der Waals surface area contributed by atoms with Crippen LogP contribution in [0.5, 0.6) is 0 Å². The van der Waals surface area contributed by atoms with E-state index in [9.17, 15) is 4.79 Å². The molecule has 0 aliphatic carbocycles. The average molecular weight is 182 g/mol. The average Bonchev–Trinajstić information content (AvgIpc) is 2.02. The van der Waals surface area contributed by atoms with Crippen molar-refractivity contribution in [2.75, 3.05) is 6.61 Å². The fourth-order valence-corrected chi connectivity index (χ4v) is 0.789. The van der Waals surface area contributed by atoms with E-state index in [-0.39, 0.29) is 5.97 Å². The van der Waals surface area contributed by atoms with Gasteiger partial charge in [-0.3, -0.25) is 0 Å². The molecule has 0 spiro atoms. The van der Waals surface area contributed by atoms with Crippen molar-refractivity contribution in [2.24, 2.45) is 0 Å². The molecule has 0 aromatic rings. The topological polar surface area (TPSA) is 26.3 Å². The van der Waals surface area contributed by atoms with Gasteiger partial charge in [-0.25, -0.2) is 4.79 Å². The molecule has 0 aromatic heterocycles. The summed E-state index contributed by atoms with van der Waals surface area (Å²) in [7, 11) is 0. The lowest BCUT2D eigenvalue weighted by molar-refractivity contribution is -0.137. The fourth-order valence-electron chi connectivity index (χ4n) is 0.789. The van der Waals surface area contributed by atoms with Crippen LogP contribution < -0.4 is 0 Å². The Bertz CT molecular complexity index is 198. The molecule has 0 atom stereocenters. The quantitative estimate of drug-likeness (QED) is 0.283. The maximum atomic E-state index is 11.0. The molecule has 0 saturated heterocycles. The number of hydrogen-bond acceptors (Lipinski definition) is 2. The number of rotatable bonds is 5. The van der Waals surface area contributed by atoms with Gasteiger partial charge in [0.2, 0.25) is 0 Å². The van der Waals surface area contributed by atoms with E-state index in [1.54, 1.807) is 0 Å². The normalized spacial score (nSPS) is 10.1. The Kier molecular flexibility index (Phi) is 6.98. The van der Waals surface area contributed by atoms with Gasteiger partial charge in [0.05, 0.1) is 6.61 Å². The standard InChI is InChI=1S/C11H18O2/c1-4-5-6-7-8-13-11(12)9-10(2)3/h5-6,9H,4,7-8H2,1-3H3. The number of carbonyl (C=O) groups is 1. The molecule has 0 aliphatic rings. The Labute approximate surface area is 80.3 Å². The van der Waals surface area contributed by atoms with Crippen molar-refractivity contribution in [3.05, 3.63) is 23.8 Å². The predicted molar refractivity (Wildman–Crippen MR) is 54.4 cm³/mol. The van der Waals surface area contributed by atoms with E-state index in [0.717, 1.165) is 18.4 Å². The minimum absolute atomic E-state index is 0.245. The summed E-state index contributed by atoms with van der Waals surface area (Å²) >= 11 is 0. The van der Waals surface area contributed by atoms with Gasteiger partial charge in [0.15, 0.2) is 0 Å². The smallest absolute Gasteiger partial charge is 0.330 e. The molecule has 0 saturated carbocycles. The second-order valence-electron chi connectivity index (χ2n) is 3.06. The first-order valence-electron chi connectivity index (χ1n) is 4.63. The van der Waals surface area contributed by atoms with Gasteiger partial charge in [-0.2, -0.15) is 0 Å². The number of esters is 1. The Morgan fingerprint density at radius 2 is 2.00 bits per heavy atom. The van der Waals surface area contributed by atoms with Crippen molar-refractivity contribution in [1.29, 1.82) is 0 Å². The van der Waals surface area contributed by atoms with Crippen molar-refractivity contribution in [3.8, 4) is 0 Å². The van der Waals surface area contributed by atoms with Gasteiger partial charge in [0, 0.05) is 6.08 Å². The van der Waals surface area contributed by atoms with Gasteiger partial charge in [-0.05, 0) is 26.7 Å². The summed E-state index contributed by atoms with van der Waals surface area (Å²) in [5.41, 5.74) is 0.967. The van der Waals surface area contributed by atoms with Gasteiger partial charge in [0.25, 0.3) is 0 Å². The molecule has 0 radical (unpaired) electrons. The van der Waals surface area contributed by atoms with Crippen LogP contribution in [0.2, 0.25) is 0 Å². The first kappa shape index (κ1) is 11.9. The predicted octanol–water partition coefficient (Wildman–Crippen LogP) is 2.85. The Hall–Kier alpha value is -1.05. The van der Waals surface area contributed by atoms with E-state index in [1.807, 2.05) is 19.9 Å². The Balaban J connectivity index is 3.49. The summed E-state index contributed by atoms with van der Waals surface area (Å²) in [5, 5.41) is 0. The van der Waals surface area contributed by atoms with E-state index >= 15 is 0 Å². The first-order chi connectivity index (χ1) is 6.16. The highest BCUT2D eigenvalue weighted by Crippen LogP contribution is 1.93. The summed E-state index contributed by atoms with van der Waals surface area (Å²) in [6.07, 6.45) is 7.42. The molecular weight excluding hydrogens is 164 g/mol. The molecule has 0 amide bonds. The lowest BCUT2D eigenvalue weighted by Gasteiger charge is -1.98. The molecule has 2 nitrogen and oxygen atoms in total.